The monoisotopic (exact) mass is 781 g/mol. The summed E-state index contributed by atoms with van der Waals surface area (Å²) in [6.07, 6.45) is -0.351. The van der Waals surface area contributed by atoms with Crippen molar-refractivity contribution in [2.75, 3.05) is 11.3 Å². The van der Waals surface area contributed by atoms with Crippen LogP contribution in [0.2, 0.25) is 0 Å². The highest BCUT2D eigenvalue weighted by Gasteiger charge is 2.28. The quantitative estimate of drug-likeness (QED) is 0.192. The summed E-state index contributed by atoms with van der Waals surface area (Å²) in [6.45, 7) is 8.96. The van der Waals surface area contributed by atoms with E-state index in [0.717, 1.165) is 16.7 Å². The number of aromatic nitrogens is 2. The maximum atomic E-state index is 15.3. The molecule has 4 aromatic rings. The van der Waals surface area contributed by atoms with Gasteiger partial charge in [0, 0.05) is 42.8 Å². The number of halogens is 2. The molecular formula is C38H41F2N5O9S. The minimum atomic E-state index is -4.46. The molecule has 0 bridgehead atoms. The summed E-state index contributed by atoms with van der Waals surface area (Å²) >= 11 is 0. The summed E-state index contributed by atoms with van der Waals surface area (Å²) in [5, 5.41) is 5.11. The second-order valence-corrected chi connectivity index (χ2v) is 15.9. The summed E-state index contributed by atoms with van der Waals surface area (Å²) < 4.78 is 71.7. The van der Waals surface area contributed by atoms with Crippen molar-refractivity contribution in [3.63, 3.8) is 0 Å². The molecule has 2 heterocycles. The minimum Gasteiger partial charge on any atom is -0.461 e. The fourth-order valence-corrected chi connectivity index (χ4v) is 6.87. The van der Waals surface area contributed by atoms with Gasteiger partial charge in [0.15, 0.2) is 0 Å². The number of amides is 2. The van der Waals surface area contributed by atoms with Gasteiger partial charge in [0.05, 0.1) is 46.7 Å². The van der Waals surface area contributed by atoms with E-state index in [1.54, 1.807) is 41.7 Å². The van der Waals surface area contributed by atoms with Gasteiger partial charge in [-0.3, -0.25) is 23.7 Å². The molecule has 292 valence electrons. The first-order chi connectivity index (χ1) is 25.8. The summed E-state index contributed by atoms with van der Waals surface area (Å²) in [5.41, 5.74) is -1.34. The van der Waals surface area contributed by atoms with Crippen LogP contribution in [0.1, 0.15) is 72.2 Å². The molecule has 14 nitrogen and oxygen atoms in total. The largest absolute Gasteiger partial charge is 0.461 e. The zero-order valence-corrected chi connectivity index (χ0v) is 31.8. The first-order valence-electron chi connectivity index (χ1n) is 17.2. The molecule has 2 amide bonds. The third-order valence-corrected chi connectivity index (χ3v) is 9.84. The first-order valence-corrected chi connectivity index (χ1v) is 18.7. The van der Waals surface area contributed by atoms with E-state index in [1.165, 1.54) is 41.0 Å². The number of benzene rings is 3. The van der Waals surface area contributed by atoms with Crippen LogP contribution < -0.4 is 26.6 Å². The second kappa shape index (κ2) is 16.0. The van der Waals surface area contributed by atoms with Crippen LogP contribution in [-0.4, -0.2) is 59.6 Å². The molecule has 1 aliphatic rings. The standard InChI is InChI=1S/C38H41F2N5O9S/c1-21(2)54-36(49)31(17-22-7-11-24(12-8-22)45-35(48)27-20-53-16-15-32(27)44(6)37(45)50)41-34(47)26-18-29(40)30(19-28(26)39)43-55(51,52)25-13-9-23(10-14-25)33(46)42-38(3,4)5/h7-14,18-19,21,31,43H,15-17,20H2,1-6H3,(H,41,47)(H,42,46)/t31-/m0/s1. The molecule has 0 saturated carbocycles. The average molecular weight is 782 g/mol. The average Bonchev–Trinajstić information content (AvgIpc) is 3.11. The third-order valence-electron chi connectivity index (χ3n) is 8.46. The summed E-state index contributed by atoms with van der Waals surface area (Å²) in [7, 11) is -2.89. The number of rotatable bonds is 11. The second-order valence-electron chi connectivity index (χ2n) is 14.2. The number of fused-ring (bicyclic) bond motifs is 1. The van der Waals surface area contributed by atoms with Crippen molar-refractivity contribution < 1.29 is 41.1 Å². The molecule has 3 aromatic carbocycles. The molecule has 0 unspecified atom stereocenters. The predicted molar refractivity (Wildman–Crippen MR) is 198 cm³/mol. The van der Waals surface area contributed by atoms with Gasteiger partial charge in [-0.25, -0.2) is 31.4 Å². The molecule has 0 radical (unpaired) electrons. The highest BCUT2D eigenvalue weighted by Crippen LogP contribution is 2.24. The van der Waals surface area contributed by atoms with Crippen molar-refractivity contribution in [3.05, 3.63) is 121 Å². The zero-order chi connectivity index (χ0) is 40.4. The van der Waals surface area contributed by atoms with Gasteiger partial charge in [0.25, 0.3) is 27.4 Å². The van der Waals surface area contributed by atoms with Crippen molar-refractivity contribution in [2.24, 2.45) is 7.05 Å². The summed E-state index contributed by atoms with van der Waals surface area (Å²) in [6, 6.07) is 10.4. The molecule has 1 atom stereocenters. The van der Waals surface area contributed by atoms with Gasteiger partial charge < -0.3 is 20.1 Å². The van der Waals surface area contributed by atoms with E-state index in [9.17, 15) is 32.4 Å². The molecule has 55 heavy (non-hydrogen) atoms. The van der Waals surface area contributed by atoms with Crippen molar-refractivity contribution in [1.29, 1.82) is 0 Å². The third kappa shape index (κ3) is 9.35. The predicted octanol–water partition coefficient (Wildman–Crippen LogP) is 3.51. The van der Waals surface area contributed by atoms with Crippen LogP contribution in [0.15, 0.2) is 75.1 Å². The van der Waals surface area contributed by atoms with Crippen molar-refractivity contribution in [1.82, 2.24) is 19.8 Å². The number of nitrogens with zero attached hydrogens (tertiary/aromatic N) is 2. The van der Waals surface area contributed by atoms with E-state index in [4.69, 9.17) is 9.47 Å². The Hall–Kier alpha value is -5.68. The Labute approximate surface area is 315 Å². The van der Waals surface area contributed by atoms with E-state index in [-0.39, 0.29) is 29.2 Å². The normalized spacial score (nSPS) is 13.5. The van der Waals surface area contributed by atoms with Gasteiger partial charge in [-0.15, -0.1) is 0 Å². The molecule has 1 aliphatic heterocycles. The first kappa shape index (κ1) is 40.5. The lowest BCUT2D eigenvalue weighted by Gasteiger charge is -2.21. The fourth-order valence-electron chi connectivity index (χ4n) is 5.81. The van der Waals surface area contributed by atoms with Crippen molar-refractivity contribution in [3.8, 4) is 5.69 Å². The number of hydrogen-bond acceptors (Lipinski definition) is 9. The van der Waals surface area contributed by atoms with E-state index in [1.807, 2.05) is 4.72 Å². The fraction of sp³-hybridized carbons (Fsp3) is 0.342. The van der Waals surface area contributed by atoms with Gasteiger partial charge in [-0.1, -0.05) is 12.1 Å². The van der Waals surface area contributed by atoms with Crippen LogP contribution in [0.3, 0.4) is 0 Å². The van der Waals surface area contributed by atoms with E-state index in [0.29, 0.717) is 42.0 Å². The maximum absolute atomic E-state index is 15.3. The van der Waals surface area contributed by atoms with Gasteiger partial charge in [0.1, 0.15) is 17.7 Å². The lowest BCUT2D eigenvalue weighted by Crippen LogP contribution is -2.44. The molecule has 0 fully saturated rings. The number of sulfonamides is 1. The Morgan fingerprint density at radius 2 is 1.60 bits per heavy atom. The van der Waals surface area contributed by atoms with Crippen LogP contribution in [-0.2, 0) is 50.8 Å². The van der Waals surface area contributed by atoms with Crippen LogP contribution >= 0.6 is 0 Å². The lowest BCUT2D eigenvalue weighted by molar-refractivity contribution is -0.149. The number of anilines is 1. The molecule has 17 heteroatoms. The maximum Gasteiger partial charge on any atom is 0.335 e. The Bertz CT molecular complexity index is 2370. The Balaban J connectivity index is 1.34. The molecule has 1 aromatic heterocycles. The van der Waals surface area contributed by atoms with Gasteiger partial charge in [-0.2, -0.15) is 0 Å². The van der Waals surface area contributed by atoms with Gasteiger partial charge in [-0.05, 0) is 82.6 Å². The number of hydrogen-bond donors (Lipinski definition) is 3. The van der Waals surface area contributed by atoms with Crippen LogP contribution in [0.25, 0.3) is 5.69 Å². The van der Waals surface area contributed by atoms with Crippen molar-refractivity contribution >= 4 is 33.5 Å². The Kier molecular flexibility index (Phi) is 11.8. The van der Waals surface area contributed by atoms with Crippen LogP contribution in [0.4, 0.5) is 14.5 Å². The molecule has 0 spiro atoms. The van der Waals surface area contributed by atoms with Gasteiger partial charge in [0.2, 0.25) is 0 Å². The number of carbonyl (C=O) groups excluding carboxylic acids is 3. The number of carbonyl (C=O) groups is 3. The molecule has 5 rings (SSSR count). The van der Waals surface area contributed by atoms with Gasteiger partial charge >= 0.3 is 11.7 Å². The lowest BCUT2D eigenvalue weighted by atomic mass is 10.0. The zero-order valence-electron chi connectivity index (χ0n) is 31.0. The Morgan fingerprint density at radius 3 is 2.22 bits per heavy atom. The minimum absolute atomic E-state index is 0.0669. The summed E-state index contributed by atoms with van der Waals surface area (Å²) in [4.78, 5) is 64.8. The SMILES string of the molecule is CC(C)OC(=O)[C@H](Cc1ccc(-n2c(=O)c3c(n(C)c2=O)CCOC3)cc1)NC(=O)c1cc(F)c(NS(=O)(=O)c2ccc(C(=O)NC(C)(C)C)cc2)cc1F. The van der Waals surface area contributed by atoms with E-state index >= 15 is 8.78 Å². The Morgan fingerprint density at radius 1 is 0.945 bits per heavy atom. The molecule has 0 saturated heterocycles. The van der Waals surface area contributed by atoms with E-state index < -0.39 is 79.6 Å². The number of esters is 1. The topological polar surface area (TPSA) is 184 Å². The smallest absolute Gasteiger partial charge is 0.335 e. The molecule has 3 N–H and O–H groups in total. The highest BCUT2D eigenvalue weighted by molar-refractivity contribution is 7.92. The van der Waals surface area contributed by atoms with Crippen molar-refractivity contribution in [2.45, 2.75) is 76.6 Å². The van der Waals surface area contributed by atoms with E-state index in [2.05, 4.69) is 10.6 Å². The van der Waals surface area contributed by atoms with Crippen LogP contribution in [0.5, 0.6) is 0 Å². The number of nitrogens with one attached hydrogen (secondary N) is 3. The summed E-state index contributed by atoms with van der Waals surface area (Å²) in [5.74, 6) is -5.09. The number of ether oxygens (including phenoxy) is 2. The van der Waals surface area contributed by atoms with Crippen LogP contribution in [0, 0.1) is 11.6 Å². The highest BCUT2D eigenvalue weighted by atomic mass is 32.2. The molecule has 0 aliphatic carbocycles. The molecular weight excluding hydrogens is 741 g/mol.